The molecule has 6 rings (SSSR count). The molecule has 18 N–H and O–H groups in total. The highest BCUT2D eigenvalue weighted by Crippen LogP contribution is 2.37. The van der Waals surface area contributed by atoms with Crippen LogP contribution in [0, 0.1) is 0 Å². The fraction of sp³-hybridized carbons (Fsp3) is 0.891. The van der Waals surface area contributed by atoms with Gasteiger partial charge >= 0.3 is 0 Å². The Morgan fingerprint density at radius 1 is 0.424 bits per heavy atom. The van der Waals surface area contributed by atoms with Crippen LogP contribution in [0.1, 0.15) is 138 Å². The molecule has 35 nitrogen and oxygen atoms in total. The maximum atomic E-state index is 13.5. The van der Waals surface area contributed by atoms with Crippen molar-refractivity contribution in [1.29, 1.82) is 0 Å². The third-order valence-electron chi connectivity index (χ3n) is 18.5. The molecule has 0 aromatic heterocycles. The molecular formula is C64H111N5O30. The number of hydrogen-bond donors (Lipinski definition) is 18. The van der Waals surface area contributed by atoms with Gasteiger partial charge in [0.2, 0.25) is 29.5 Å². The molecule has 30 atom stereocenters. The van der Waals surface area contributed by atoms with Gasteiger partial charge in [-0.25, -0.2) is 0 Å². The number of amides is 5. The predicted molar refractivity (Wildman–Crippen MR) is 339 cm³/mol. The van der Waals surface area contributed by atoms with Crippen molar-refractivity contribution in [3.8, 4) is 0 Å². The van der Waals surface area contributed by atoms with Crippen molar-refractivity contribution in [1.82, 2.24) is 26.6 Å². The van der Waals surface area contributed by atoms with E-state index in [0.717, 1.165) is 79.1 Å². The van der Waals surface area contributed by atoms with Crippen LogP contribution in [0.2, 0.25) is 0 Å². The summed E-state index contributed by atoms with van der Waals surface area (Å²) in [5.41, 5.74) is 0. The standard InChI is InChI=1S/C64H111N5O30/c1-8-9-10-11-12-13-14-15-16-17-18-19-20-21-22-23-41(78)69-43-50(82)49(81)37(25-70)93-61(43)97-56-39(27-72)95-63(45(52(56)84)67-33(5)76)99-57-40(28-73)96-62(46(53(57)85)68-34(6)77)98-55-38(26-71)94-60(44(51(55)83)66-32(4)75)92-36-24-35(29-89-59(87)42(48(36)80)65-31(3)74)91-64-58(88-7)54(86)47(79)30(2)90-64/h13-14,30,35-40,42-64,70-73,79-87H,8-12,15-29H2,1-7H3,(H,65,74)(H,66,75)(H,67,76)(H,68,77)(H,69,78)/b14-13-/t30?,35?,36-,37?,38?,39?,40?,42?,43?,44?,45?,46?,47-,48?,49-,50?,51?,52?,53?,54?,55-,56-,57-,58?,59-,60-,61+,62+,63+,64+/m1/s1. The largest absolute Gasteiger partial charge is 0.394 e. The van der Waals surface area contributed by atoms with Gasteiger partial charge in [0.25, 0.3) is 0 Å². The molecule has 6 heterocycles. The summed E-state index contributed by atoms with van der Waals surface area (Å²) in [6, 6.07) is -8.34. The van der Waals surface area contributed by atoms with E-state index in [2.05, 4.69) is 45.7 Å². The summed E-state index contributed by atoms with van der Waals surface area (Å²) in [4.78, 5) is 64.7. The van der Waals surface area contributed by atoms with Crippen LogP contribution in [0.4, 0.5) is 0 Å². The highest BCUT2D eigenvalue weighted by Gasteiger charge is 2.58. The van der Waals surface area contributed by atoms with Crippen LogP contribution in [0.15, 0.2) is 12.2 Å². The molecule has 0 aliphatic carbocycles. The lowest BCUT2D eigenvalue weighted by molar-refractivity contribution is -0.365. The minimum Gasteiger partial charge on any atom is -0.394 e. The average molecular weight is 1430 g/mol. The number of methoxy groups -OCH3 is 1. The van der Waals surface area contributed by atoms with Crippen molar-refractivity contribution >= 4 is 29.5 Å². The summed E-state index contributed by atoms with van der Waals surface area (Å²) in [6.07, 6.45) is -24.7. The van der Waals surface area contributed by atoms with E-state index in [1.165, 1.54) is 39.7 Å². The second kappa shape index (κ2) is 41.5. The number of ether oxygens (including phenoxy) is 12. The zero-order valence-electron chi connectivity index (χ0n) is 57.4. The second-order valence-electron chi connectivity index (χ2n) is 26.3. The summed E-state index contributed by atoms with van der Waals surface area (Å²) < 4.78 is 72.3. The Hall–Kier alpha value is -3.91. The quantitative estimate of drug-likeness (QED) is 0.0208. The molecule has 0 aromatic carbocycles. The van der Waals surface area contributed by atoms with Crippen molar-refractivity contribution in [2.24, 2.45) is 0 Å². The first-order chi connectivity index (χ1) is 47.2. The number of allylic oxidation sites excluding steroid dienone is 2. The number of aliphatic hydroxyl groups is 13. The SMILES string of the molecule is CCCCCC/C=C\CCCCCCCCCC(=O)NC1C(O)[C@H](O)C(CO)O[C@H]1O[C@@H]1C(CO)O[C@@H](O[C@@H]2C(CO)O[C@@H](O[C@@H]3C(CO)O[C@@H](O[C@@H]4CC(O[C@@H]5OC(C)[C@@H](O)C(O)C5OC)CO[C@@H](O)C(NC(C)=O)C4O)C(NC(C)=O)C3O)C(NC(C)=O)C2O)C(NC(C)=O)C1O. The van der Waals surface area contributed by atoms with Gasteiger partial charge in [-0.15, -0.1) is 0 Å². The van der Waals surface area contributed by atoms with Crippen molar-refractivity contribution in [3.63, 3.8) is 0 Å². The van der Waals surface area contributed by atoms with E-state index < -0.39 is 253 Å². The van der Waals surface area contributed by atoms with E-state index in [1.807, 2.05) is 0 Å². The molecule has 5 amide bonds. The van der Waals surface area contributed by atoms with E-state index in [0.29, 0.717) is 6.42 Å². The zero-order valence-corrected chi connectivity index (χ0v) is 57.4. The number of hydrogen-bond acceptors (Lipinski definition) is 30. The molecule has 35 heteroatoms. The predicted octanol–water partition coefficient (Wildman–Crippen LogP) is -5.29. The van der Waals surface area contributed by atoms with E-state index >= 15 is 0 Å². The van der Waals surface area contributed by atoms with Gasteiger partial charge in [-0.2, -0.15) is 0 Å². The lowest BCUT2D eigenvalue weighted by Gasteiger charge is -2.51. The van der Waals surface area contributed by atoms with Crippen molar-refractivity contribution in [3.05, 3.63) is 12.2 Å². The third-order valence-corrected chi connectivity index (χ3v) is 18.5. The average Bonchev–Trinajstić information content (AvgIpc) is 0.772. The van der Waals surface area contributed by atoms with E-state index in [9.17, 15) is 90.4 Å². The first-order valence-electron chi connectivity index (χ1n) is 34.5. The maximum absolute atomic E-state index is 13.5. The molecule has 0 saturated carbocycles. The van der Waals surface area contributed by atoms with Gasteiger partial charge in [0, 0.05) is 47.6 Å². The molecule has 572 valence electrons. The normalized spacial score (nSPS) is 39.9. The molecule has 6 aliphatic rings. The van der Waals surface area contributed by atoms with Gasteiger partial charge in [-0.3, -0.25) is 24.0 Å². The lowest BCUT2D eigenvalue weighted by atomic mass is 9.93. The number of aliphatic hydroxyl groups excluding tert-OH is 13. The van der Waals surface area contributed by atoms with Crippen LogP contribution in [0.5, 0.6) is 0 Å². The van der Waals surface area contributed by atoms with Crippen LogP contribution < -0.4 is 26.6 Å². The van der Waals surface area contributed by atoms with E-state index in [-0.39, 0.29) is 6.42 Å². The van der Waals surface area contributed by atoms with E-state index in [1.54, 1.807) is 0 Å². The number of rotatable bonds is 35. The Bertz CT molecular complexity index is 2470. The smallest absolute Gasteiger partial charge is 0.220 e. The van der Waals surface area contributed by atoms with Crippen molar-refractivity contribution < 1.29 is 147 Å². The summed E-state index contributed by atoms with van der Waals surface area (Å²) >= 11 is 0. The summed E-state index contributed by atoms with van der Waals surface area (Å²) in [7, 11) is 1.23. The number of nitrogens with one attached hydrogen (secondary N) is 5. The highest BCUT2D eigenvalue weighted by atomic mass is 16.8. The molecule has 6 aliphatic heterocycles. The Balaban J connectivity index is 1.16. The summed E-state index contributed by atoms with van der Waals surface area (Å²) in [5, 5.41) is 159. The highest BCUT2D eigenvalue weighted by molar-refractivity contribution is 5.76. The molecule has 6 saturated heterocycles. The van der Waals surface area contributed by atoms with Crippen LogP contribution in [-0.2, 0) is 80.8 Å². The number of carbonyl (C=O) groups excluding carboxylic acids is 5. The van der Waals surface area contributed by atoms with Crippen LogP contribution in [0.25, 0.3) is 0 Å². The first kappa shape index (κ1) is 84.0. The third kappa shape index (κ3) is 23.5. The molecule has 99 heavy (non-hydrogen) atoms. The molecular weight excluding hydrogens is 1320 g/mol. The second-order valence-corrected chi connectivity index (χ2v) is 26.3. The molecule has 6 fully saturated rings. The van der Waals surface area contributed by atoms with Crippen molar-refractivity contribution in [2.45, 2.75) is 322 Å². The van der Waals surface area contributed by atoms with Crippen LogP contribution in [-0.4, -0.2) is 320 Å². The monoisotopic (exact) mass is 1430 g/mol. The first-order valence-corrected chi connectivity index (χ1v) is 34.5. The molecule has 0 spiro atoms. The van der Waals surface area contributed by atoms with Crippen LogP contribution >= 0.6 is 0 Å². The van der Waals surface area contributed by atoms with Gasteiger partial charge in [0.15, 0.2) is 37.7 Å². The Kier molecular flexibility index (Phi) is 35.3. The van der Waals surface area contributed by atoms with E-state index in [4.69, 9.17) is 56.8 Å². The van der Waals surface area contributed by atoms with Gasteiger partial charge in [-0.05, 0) is 39.0 Å². The molecule has 18 unspecified atom stereocenters. The molecule has 0 bridgehead atoms. The molecule has 0 aromatic rings. The topological polar surface area (TPSA) is 519 Å². The van der Waals surface area contributed by atoms with Gasteiger partial charge in [-0.1, -0.05) is 70.4 Å². The Morgan fingerprint density at radius 3 is 1.26 bits per heavy atom. The number of carbonyl (C=O) groups is 5. The van der Waals surface area contributed by atoms with Gasteiger partial charge in [0.05, 0.1) is 51.3 Å². The van der Waals surface area contributed by atoms with Crippen molar-refractivity contribution in [2.75, 3.05) is 40.1 Å². The molecule has 0 radical (unpaired) electrons. The van der Waals surface area contributed by atoms with Crippen LogP contribution in [0.3, 0.4) is 0 Å². The summed E-state index contributed by atoms with van der Waals surface area (Å²) in [5.74, 6) is -3.69. The maximum Gasteiger partial charge on any atom is 0.220 e. The van der Waals surface area contributed by atoms with Gasteiger partial charge in [0.1, 0.15) is 128 Å². The Labute approximate surface area is 575 Å². The Morgan fingerprint density at radius 2 is 0.828 bits per heavy atom. The van der Waals surface area contributed by atoms with Gasteiger partial charge < -0.3 is 150 Å². The fourth-order valence-corrected chi connectivity index (χ4v) is 13.2. The minimum absolute atomic E-state index is 0.0174. The zero-order chi connectivity index (χ0) is 72.8. The minimum atomic E-state index is -2.04. The number of unbranched alkanes of at least 4 members (excludes halogenated alkanes) is 11. The fourth-order valence-electron chi connectivity index (χ4n) is 13.2. The lowest BCUT2D eigenvalue weighted by Crippen LogP contribution is -2.72. The summed E-state index contributed by atoms with van der Waals surface area (Å²) in [6.45, 7) is 3.58.